The highest BCUT2D eigenvalue weighted by molar-refractivity contribution is 5.79. The molecule has 0 saturated heterocycles. The van der Waals surface area contributed by atoms with Crippen molar-refractivity contribution in [3.8, 4) is 11.5 Å². The first-order chi connectivity index (χ1) is 19.3. The molecule has 0 aliphatic carbocycles. The van der Waals surface area contributed by atoms with Crippen LogP contribution in [-0.2, 0) is 23.9 Å². The van der Waals surface area contributed by atoms with Crippen molar-refractivity contribution in [1.29, 1.82) is 0 Å². The molecule has 7 atom stereocenters. The minimum atomic E-state index is -1.38. The number of carbonyl (C=O) groups is 4. The van der Waals surface area contributed by atoms with Gasteiger partial charge in [0.1, 0.15) is 12.1 Å². The molecule has 232 valence electrons. The van der Waals surface area contributed by atoms with Gasteiger partial charge in [-0.15, -0.1) is 0 Å². The standard InChI is InChI=1S/C31H49NO9/c1-9-12-19(5)29(35)40-24-15-14-23(16-25(24)41-30(36)20(6)13-10-2)26(27(32)28(33)34)21(7)22(8)39-31(37)38-17-18(4)11-3/h14-16,18-22,26-27H,9-13,17,32H2,1-8H3,(H,33,34)/t18?,19?,20?,21?,22?,26?,27-/m0/s1. The number of hydrogen-bond donors (Lipinski definition) is 2. The molecule has 0 aromatic heterocycles. The predicted octanol–water partition coefficient (Wildman–Crippen LogP) is 6.09. The van der Waals surface area contributed by atoms with Crippen molar-refractivity contribution in [2.75, 3.05) is 6.61 Å². The summed E-state index contributed by atoms with van der Waals surface area (Å²) in [5.41, 5.74) is 6.56. The first kappa shape index (κ1) is 35.9. The average Bonchev–Trinajstić information content (AvgIpc) is 2.92. The first-order valence-electron chi connectivity index (χ1n) is 14.7. The Kier molecular flexibility index (Phi) is 15.4. The summed E-state index contributed by atoms with van der Waals surface area (Å²) < 4.78 is 21.9. The van der Waals surface area contributed by atoms with Gasteiger partial charge in [-0.05, 0) is 43.4 Å². The van der Waals surface area contributed by atoms with Crippen molar-refractivity contribution in [1.82, 2.24) is 0 Å². The molecule has 1 aromatic carbocycles. The van der Waals surface area contributed by atoms with E-state index >= 15 is 0 Å². The summed E-state index contributed by atoms with van der Waals surface area (Å²) in [5.74, 6) is -4.24. The molecular formula is C31H49NO9. The molecule has 6 unspecified atom stereocenters. The van der Waals surface area contributed by atoms with Gasteiger partial charge < -0.3 is 29.8 Å². The van der Waals surface area contributed by atoms with Gasteiger partial charge in [-0.3, -0.25) is 14.4 Å². The van der Waals surface area contributed by atoms with Crippen molar-refractivity contribution in [3.05, 3.63) is 23.8 Å². The molecule has 0 bridgehead atoms. The average molecular weight is 580 g/mol. The lowest BCUT2D eigenvalue weighted by Gasteiger charge is -2.31. The lowest BCUT2D eigenvalue weighted by atomic mass is 9.79. The SMILES string of the molecule is CCCC(C)C(=O)Oc1ccc(C(C(C)C(C)OC(=O)OCC(C)CC)[C@H](N)C(=O)O)cc1OC(=O)C(C)CCC. The molecule has 1 aromatic rings. The lowest BCUT2D eigenvalue weighted by Crippen LogP contribution is -2.42. The number of benzene rings is 1. The smallest absolute Gasteiger partial charge is 0.480 e. The van der Waals surface area contributed by atoms with Crippen LogP contribution in [0.25, 0.3) is 0 Å². The number of ether oxygens (including phenoxy) is 4. The molecule has 1 rings (SSSR count). The summed E-state index contributed by atoms with van der Waals surface area (Å²) in [5, 5.41) is 9.82. The zero-order valence-electron chi connectivity index (χ0n) is 25.8. The molecule has 10 nitrogen and oxygen atoms in total. The molecule has 0 radical (unpaired) electrons. The Balaban J connectivity index is 3.42. The molecule has 41 heavy (non-hydrogen) atoms. The van der Waals surface area contributed by atoms with Crippen LogP contribution in [-0.4, -0.2) is 47.9 Å². The summed E-state index contributed by atoms with van der Waals surface area (Å²) in [6.07, 6.45) is 2.02. The van der Waals surface area contributed by atoms with E-state index < -0.39 is 54.0 Å². The van der Waals surface area contributed by atoms with Gasteiger partial charge in [0.2, 0.25) is 0 Å². The van der Waals surface area contributed by atoms with Crippen LogP contribution in [0.15, 0.2) is 18.2 Å². The summed E-state index contributed by atoms with van der Waals surface area (Å²) in [7, 11) is 0. The largest absolute Gasteiger partial charge is 0.508 e. The van der Waals surface area contributed by atoms with E-state index in [0.717, 1.165) is 19.3 Å². The molecule has 0 aliphatic heterocycles. The van der Waals surface area contributed by atoms with Crippen LogP contribution >= 0.6 is 0 Å². The number of carbonyl (C=O) groups excluding carboxylic acids is 3. The molecule has 0 aliphatic rings. The molecular weight excluding hydrogens is 530 g/mol. The van der Waals surface area contributed by atoms with Crippen LogP contribution in [0.1, 0.15) is 99.0 Å². The zero-order chi connectivity index (χ0) is 31.3. The van der Waals surface area contributed by atoms with E-state index in [1.807, 2.05) is 27.7 Å². The van der Waals surface area contributed by atoms with Gasteiger partial charge in [0.05, 0.1) is 18.4 Å². The molecule has 0 amide bonds. The molecule has 0 heterocycles. The van der Waals surface area contributed by atoms with Crippen LogP contribution in [0.3, 0.4) is 0 Å². The Bertz CT molecular complexity index is 1010. The van der Waals surface area contributed by atoms with E-state index in [4.69, 9.17) is 24.7 Å². The quantitative estimate of drug-likeness (QED) is 0.164. The van der Waals surface area contributed by atoms with Gasteiger partial charge >= 0.3 is 24.1 Å². The predicted molar refractivity (Wildman–Crippen MR) is 155 cm³/mol. The summed E-state index contributed by atoms with van der Waals surface area (Å²) >= 11 is 0. The van der Waals surface area contributed by atoms with Gasteiger partial charge in [-0.2, -0.15) is 0 Å². The van der Waals surface area contributed by atoms with Gasteiger partial charge in [-0.25, -0.2) is 4.79 Å². The van der Waals surface area contributed by atoms with Crippen LogP contribution in [0, 0.1) is 23.7 Å². The van der Waals surface area contributed by atoms with E-state index in [1.54, 1.807) is 33.8 Å². The van der Waals surface area contributed by atoms with Crippen molar-refractivity contribution in [2.24, 2.45) is 29.4 Å². The molecule has 0 spiro atoms. The van der Waals surface area contributed by atoms with Gasteiger partial charge in [0.15, 0.2) is 11.5 Å². The fraction of sp³-hybridized carbons (Fsp3) is 0.677. The normalized spacial score (nSPS) is 16.3. The molecule has 3 N–H and O–H groups in total. The minimum absolute atomic E-state index is 0.0103. The third kappa shape index (κ3) is 11.3. The number of nitrogens with two attached hydrogens (primary N) is 1. The van der Waals surface area contributed by atoms with E-state index in [1.165, 1.54) is 12.1 Å². The molecule has 0 fully saturated rings. The van der Waals surface area contributed by atoms with Crippen molar-refractivity contribution in [2.45, 2.75) is 106 Å². The maximum Gasteiger partial charge on any atom is 0.508 e. The van der Waals surface area contributed by atoms with Crippen molar-refractivity contribution >= 4 is 24.1 Å². The third-order valence-electron chi connectivity index (χ3n) is 7.47. The second-order valence-corrected chi connectivity index (χ2v) is 11.1. The second kappa shape index (κ2) is 17.6. The van der Waals surface area contributed by atoms with Crippen LogP contribution in [0.4, 0.5) is 4.79 Å². The Hall–Kier alpha value is -3.14. The molecule has 0 saturated carbocycles. The summed E-state index contributed by atoms with van der Waals surface area (Å²) in [6, 6.07) is 3.14. The van der Waals surface area contributed by atoms with Crippen molar-refractivity contribution in [3.63, 3.8) is 0 Å². The van der Waals surface area contributed by atoms with E-state index in [2.05, 4.69) is 0 Å². The first-order valence-corrected chi connectivity index (χ1v) is 14.7. The Morgan fingerprint density at radius 2 is 1.39 bits per heavy atom. The Morgan fingerprint density at radius 3 is 1.88 bits per heavy atom. The third-order valence-corrected chi connectivity index (χ3v) is 7.47. The fourth-order valence-corrected chi connectivity index (χ4v) is 4.32. The van der Waals surface area contributed by atoms with Crippen molar-refractivity contribution < 1.29 is 43.2 Å². The number of esters is 2. The second-order valence-electron chi connectivity index (χ2n) is 11.1. The number of carboxylic acid groups (broad SMARTS) is 1. The van der Waals surface area contributed by atoms with E-state index in [9.17, 15) is 24.3 Å². The monoisotopic (exact) mass is 579 g/mol. The fourth-order valence-electron chi connectivity index (χ4n) is 4.32. The van der Waals surface area contributed by atoms with Crippen LogP contribution in [0.2, 0.25) is 0 Å². The van der Waals surface area contributed by atoms with Gasteiger partial charge in [0.25, 0.3) is 0 Å². The summed E-state index contributed by atoms with van der Waals surface area (Å²) in [6.45, 7) is 14.9. The number of aliphatic carboxylic acids is 1. The topological polar surface area (TPSA) is 151 Å². The Labute approximate surface area is 244 Å². The maximum absolute atomic E-state index is 12.8. The van der Waals surface area contributed by atoms with Crippen LogP contribution in [0.5, 0.6) is 11.5 Å². The van der Waals surface area contributed by atoms with E-state index in [0.29, 0.717) is 18.4 Å². The Morgan fingerprint density at radius 1 is 0.854 bits per heavy atom. The maximum atomic E-state index is 12.8. The van der Waals surface area contributed by atoms with E-state index in [-0.39, 0.29) is 29.9 Å². The summed E-state index contributed by atoms with van der Waals surface area (Å²) in [4.78, 5) is 49.8. The minimum Gasteiger partial charge on any atom is -0.480 e. The zero-order valence-corrected chi connectivity index (χ0v) is 25.8. The highest BCUT2D eigenvalue weighted by Gasteiger charge is 2.36. The van der Waals surface area contributed by atoms with Gasteiger partial charge in [-0.1, -0.05) is 73.8 Å². The van der Waals surface area contributed by atoms with Gasteiger partial charge in [0, 0.05) is 11.8 Å². The number of rotatable bonds is 17. The van der Waals surface area contributed by atoms with Crippen LogP contribution < -0.4 is 15.2 Å². The number of carboxylic acids is 1. The highest BCUT2D eigenvalue weighted by atomic mass is 16.7. The number of hydrogen-bond acceptors (Lipinski definition) is 9. The highest BCUT2D eigenvalue weighted by Crippen LogP contribution is 2.38. The molecule has 10 heteroatoms. The lowest BCUT2D eigenvalue weighted by molar-refractivity contribution is -0.141.